The molecular formula is C23H30O3. The Balaban J connectivity index is 2.10. The quantitative estimate of drug-likeness (QED) is 0.364. The highest BCUT2D eigenvalue weighted by Crippen LogP contribution is 2.30. The highest BCUT2D eigenvalue weighted by molar-refractivity contribution is 5.74. The first kappa shape index (κ1) is 20.0. The van der Waals surface area contributed by atoms with E-state index in [1.54, 1.807) is 6.07 Å². The van der Waals surface area contributed by atoms with E-state index in [9.17, 15) is 4.79 Å². The van der Waals surface area contributed by atoms with Crippen LogP contribution in [0.2, 0.25) is 0 Å². The maximum absolute atomic E-state index is 12.4. The Kier molecular flexibility index (Phi) is 8.20. The van der Waals surface area contributed by atoms with E-state index < -0.39 is 6.16 Å². The molecule has 2 aromatic rings. The fourth-order valence-electron chi connectivity index (χ4n) is 3.42. The molecule has 0 spiro atoms. The van der Waals surface area contributed by atoms with Crippen LogP contribution in [0.5, 0.6) is 5.75 Å². The van der Waals surface area contributed by atoms with E-state index in [2.05, 4.69) is 20.8 Å². The van der Waals surface area contributed by atoms with Crippen LogP contribution in [0.1, 0.15) is 52.9 Å². The zero-order chi connectivity index (χ0) is 18.8. The van der Waals surface area contributed by atoms with Crippen molar-refractivity contribution in [2.75, 3.05) is 0 Å². The molecule has 0 saturated carbocycles. The van der Waals surface area contributed by atoms with Crippen molar-refractivity contribution in [1.29, 1.82) is 0 Å². The highest BCUT2D eigenvalue weighted by Gasteiger charge is 2.24. The first-order chi connectivity index (χ1) is 12.7. The summed E-state index contributed by atoms with van der Waals surface area (Å²) in [6.07, 6.45) is 4.43. The minimum atomic E-state index is -0.613. The molecule has 0 heterocycles. The van der Waals surface area contributed by atoms with Crippen LogP contribution in [-0.2, 0) is 4.74 Å². The Morgan fingerprint density at radius 3 is 2.12 bits per heavy atom. The van der Waals surface area contributed by atoms with E-state index in [-0.39, 0.29) is 6.10 Å². The Morgan fingerprint density at radius 1 is 0.885 bits per heavy atom. The SMILES string of the molecule is CCCC(CCC)[C@H](CC)OC(=O)Oc1ccccc1-c1ccccc1. The maximum atomic E-state index is 12.4. The largest absolute Gasteiger partial charge is 0.514 e. The standard InChI is InChI=1S/C23H30O3/c1-4-12-19(13-5-2)21(6-3)25-23(24)26-22-17-11-10-16-20(22)18-14-8-7-9-15-18/h7-11,14-17,19,21H,4-6,12-13H2,1-3H3/t21-/m0/s1. The highest BCUT2D eigenvalue weighted by atomic mass is 16.7. The summed E-state index contributed by atoms with van der Waals surface area (Å²) in [5.74, 6) is 0.924. The molecule has 0 bridgehead atoms. The molecule has 0 unspecified atom stereocenters. The molecule has 0 amide bonds. The van der Waals surface area contributed by atoms with Gasteiger partial charge in [0.1, 0.15) is 11.9 Å². The van der Waals surface area contributed by atoms with Gasteiger partial charge in [0.15, 0.2) is 0 Å². The van der Waals surface area contributed by atoms with Gasteiger partial charge in [-0.2, -0.15) is 0 Å². The van der Waals surface area contributed by atoms with Crippen molar-refractivity contribution in [1.82, 2.24) is 0 Å². The lowest BCUT2D eigenvalue weighted by Gasteiger charge is -2.25. The van der Waals surface area contributed by atoms with Gasteiger partial charge in [0.25, 0.3) is 0 Å². The first-order valence-corrected chi connectivity index (χ1v) is 9.72. The fraction of sp³-hybridized carbons (Fsp3) is 0.435. The molecule has 0 aromatic heterocycles. The molecule has 3 heteroatoms. The maximum Gasteiger partial charge on any atom is 0.514 e. The minimum Gasteiger partial charge on any atom is -0.430 e. The van der Waals surface area contributed by atoms with Gasteiger partial charge in [-0.05, 0) is 36.8 Å². The number of carbonyl (C=O) groups excluding carboxylic acids is 1. The number of hydrogen-bond donors (Lipinski definition) is 0. The van der Waals surface area contributed by atoms with Crippen molar-refractivity contribution in [3.63, 3.8) is 0 Å². The number of ether oxygens (including phenoxy) is 2. The van der Waals surface area contributed by atoms with Crippen LogP contribution >= 0.6 is 0 Å². The summed E-state index contributed by atoms with van der Waals surface area (Å²) in [4.78, 5) is 12.4. The van der Waals surface area contributed by atoms with Gasteiger partial charge in [-0.1, -0.05) is 82.1 Å². The molecule has 0 N–H and O–H groups in total. The Bertz CT molecular complexity index is 660. The van der Waals surface area contributed by atoms with Crippen molar-refractivity contribution < 1.29 is 14.3 Å². The molecule has 0 radical (unpaired) electrons. The molecule has 2 rings (SSSR count). The fourth-order valence-corrected chi connectivity index (χ4v) is 3.42. The van der Waals surface area contributed by atoms with Gasteiger partial charge in [-0.15, -0.1) is 0 Å². The van der Waals surface area contributed by atoms with Gasteiger partial charge in [-0.25, -0.2) is 4.79 Å². The molecule has 0 saturated heterocycles. The molecule has 0 aliphatic carbocycles. The predicted octanol–water partition coefficient (Wildman–Crippen LogP) is 6.86. The lowest BCUT2D eigenvalue weighted by Crippen LogP contribution is -2.28. The van der Waals surface area contributed by atoms with Crippen LogP contribution in [0.25, 0.3) is 11.1 Å². The van der Waals surface area contributed by atoms with E-state index in [0.29, 0.717) is 11.7 Å². The normalized spacial score (nSPS) is 12.0. The summed E-state index contributed by atoms with van der Waals surface area (Å²) in [6.45, 7) is 6.40. The molecule has 1 atom stereocenters. The third kappa shape index (κ3) is 5.62. The van der Waals surface area contributed by atoms with Crippen molar-refractivity contribution >= 4 is 6.16 Å². The van der Waals surface area contributed by atoms with E-state index >= 15 is 0 Å². The van der Waals surface area contributed by atoms with Crippen molar-refractivity contribution in [2.45, 2.75) is 59.0 Å². The topological polar surface area (TPSA) is 35.5 Å². The average molecular weight is 354 g/mol. The third-order valence-electron chi connectivity index (χ3n) is 4.66. The zero-order valence-electron chi connectivity index (χ0n) is 16.1. The van der Waals surface area contributed by atoms with Gasteiger partial charge in [0, 0.05) is 5.56 Å². The molecule has 3 nitrogen and oxygen atoms in total. The van der Waals surface area contributed by atoms with Gasteiger partial charge < -0.3 is 9.47 Å². The van der Waals surface area contributed by atoms with E-state index in [4.69, 9.17) is 9.47 Å². The molecule has 0 aliphatic rings. The Hall–Kier alpha value is -2.29. The molecule has 26 heavy (non-hydrogen) atoms. The molecule has 0 aliphatic heterocycles. The summed E-state index contributed by atoms with van der Waals surface area (Å²) >= 11 is 0. The summed E-state index contributed by atoms with van der Waals surface area (Å²) in [6, 6.07) is 17.5. The number of hydrogen-bond acceptors (Lipinski definition) is 3. The lowest BCUT2D eigenvalue weighted by molar-refractivity contribution is 0.0233. The van der Waals surface area contributed by atoms with Crippen LogP contribution in [0.15, 0.2) is 54.6 Å². The number of benzene rings is 2. The van der Waals surface area contributed by atoms with Crippen LogP contribution in [0, 0.1) is 5.92 Å². The van der Waals surface area contributed by atoms with E-state index in [1.807, 2.05) is 48.5 Å². The Labute approximate surface area is 157 Å². The van der Waals surface area contributed by atoms with Crippen LogP contribution < -0.4 is 4.74 Å². The molecule has 140 valence electrons. The molecule has 0 fully saturated rings. The van der Waals surface area contributed by atoms with Crippen LogP contribution in [-0.4, -0.2) is 12.3 Å². The van der Waals surface area contributed by atoms with Gasteiger partial charge in [0.2, 0.25) is 0 Å². The average Bonchev–Trinajstić information content (AvgIpc) is 2.67. The Morgan fingerprint density at radius 2 is 1.50 bits per heavy atom. The smallest absolute Gasteiger partial charge is 0.430 e. The van der Waals surface area contributed by atoms with Crippen LogP contribution in [0.4, 0.5) is 4.79 Å². The summed E-state index contributed by atoms with van der Waals surface area (Å²) < 4.78 is 11.3. The summed E-state index contributed by atoms with van der Waals surface area (Å²) in [5, 5.41) is 0. The molecule has 2 aromatic carbocycles. The van der Waals surface area contributed by atoms with E-state index in [0.717, 1.165) is 43.2 Å². The first-order valence-electron chi connectivity index (χ1n) is 9.72. The third-order valence-corrected chi connectivity index (χ3v) is 4.66. The van der Waals surface area contributed by atoms with Crippen molar-refractivity contribution in [3.8, 4) is 16.9 Å². The van der Waals surface area contributed by atoms with Gasteiger partial charge >= 0.3 is 6.16 Å². The monoisotopic (exact) mass is 354 g/mol. The van der Waals surface area contributed by atoms with Crippen molar-refractivity contribution in [3.05, 3.63) is 54.6 Å². The lowest BCUT2D eigenvalue weighted by atomic mass is 9.91. The van der Waals surface area contributed by atoms with Crippen molar-refractivity contribution in [2.24, 2.45) is 5.92 Å². The number of rotatable bonds is 9. The second-order valence-electron chi connectivity index (χ2n) is 6.62. The summed E-state index contributed by atoms with van der Waals surface area (Å²) in [7, 11) is 0. The second kappa shape index (κ2) is 10.6. The molecular weight excluding hydrogens is 324 g/mol. The van der Waals surface area contributed by atoms with Crippen LogP contribution in [0.3, 0.4) is 0 Å². The zero-order valence-corrected chi connectivity index (χ0v) is 16.1. The number of para-hydroxylation sites is 1. The van der Waals surface area contributed by atoms with Gasteiger partial charge in [-0.3, -0.25) is 0 Å². The number of carbonyl (C=O) groups is 1. The van der Waals surface area contributed by atoms with E-state index in [1.165, 1.54) is 0 Å². The minimum absolute atomic E-state index is 0.0914. The predicted molar refractivity (Wildman–Crippen MR) is 106 cm³/mol. The van der Waals surface area contributed by atoms with Gasteiger partial charge in [0.05, 0.1) is 0 Å². The second-order valence-corrected chi connectivity index (χ2v) is 6.62. The summed E-state index contributed by atoms with van der Waals surface area (Å²) in [5.41, 5.74) is 1.90.